The van der Waals surface area contributed by atoms with E-state index in [4.69, 9.17) is 4.74 Å². The summed E-state index contributed by atoms with van der Waals surface area (Å²) in [6.45, 7) is 4.55. The third kappa shape index (κ3) is 3.56. The van der Waals surface area contributed by atoms with Crippen LogP contribution in [-0.4, -0.2) is 27.8 Å². The first-order valence-corrected chi connectivity index (χ1v) is 7.22. The predicted octanol–water partition coefficient (Wildman–Crippen LogP) is 2.40. The molecular formula is C14H17N3O3S. The Morgan fingerprint density at radius 1 is 1.52 bits per heavy atom. The van der Waals surface area contributed by atoms with Crippen LogP contribution in [0.3, 0.4) is 0 Å². The molecule has 2 rings (SSSR count). The SMILES string of the molecule is COc1ccc([C@H](C)NCc2snnc2C)cc1C(=O)O. The fourth-order valence-corrected chi connectivity index (χ4v) is 2.52. The highest BCUT2D eigenvalue weighted by Crippen LogP contribution is 2.24. The number of carboxylic acid groups (broad SMARTS) is 1. The van der Waals surface area contributed by atoms with Crippen LogP contribution in [0.2, 0.25) is 0 Å². The van der Waals surface area contributed by atoms with Crippen LogP contribution in [0.25, 0.3) is 0 Å². The topological polar surface area (TPSA) is 84.3 Å². The molecule has 7 heteroatoms. The van der Waals surface area contributed by atoms with Crippen molar-refractivity contribution in [2.24, 2.45) is 0 Å². The molecule has 0 saturated heterocycles. The molecule has 0 bridgehead atoms. The lowest BCUT2D eigenvalue weighted by Gasteiger charge is -2.15. The summed E-state index contributed by atoms with van der Waals surface area (Å²) < 4.78 is 8.95. The van der Waals surface area contributed by atoms with E-state index >= 15 is 0 Å². The first-order chi connectivity index (χ1) is 10.0. The number of methoxy groups -OCH3 is 1. The van der Waals surface area contributed by atoms with Crippen molar-refractivity contribution >= 4 is 17.5 Å². The van der Waals surface area contributed by atoms with Gasteiger partial charge in [-0.25, -0.2) is 4.79 Å². The second kappa shape index (κ2) is 6.64. The molecule has 0 radical (unpaired) electrons. The number of rotatable bonds is 6. The summed E-state index contributed by atoms with van der Waals surface area (Å²) in [6.07, 6.45) is 0. The minimum Gasteiger partial charge on any atom is -0.496 e. The van der Waals surface area contributed by atoms with Crippen LogP contribution in [0.5, 0.6) is 5.75 Å². The normalized spacial score (nSPS) is 12.1. The van der Waals surface area contributed by atoms with Crippen LogP contribution in [0.4, 0.5) is 0 Å². The van der Waals surface area contributed by atoms with Crippen LogP contribution >= 0.6 is 11.5 Å². The summed E-state index contributed by atoms with van der Waals surface area (Å²) in [6, 6.07) is 5.18. The van der Waals surface area contributed by atoms with E-state index in [1.807, 2.05) is 19.9 Å². The Hall–Kier alpha value is -1.99. The van der Waals surface area contributed by atoms with Crippen molar-refractivity contribution in [3.05, 3.63) is 39.9 Å². The summed E-state index contributed by atoms with van der Waals surface area (Å²) in [5.41, 5.74) is 1.98. The number of aromatic carboxylic acids is 1. The Bertz CT molecular complexity index is 642. The van der Waals surface area contributed by atoms with Crippen molar-refractivity contribution in [3.8, 4) is 5.75 Å². The number of hydrogen-bond acceptors (Lipinski definition) is 6. The van der Waals surface area contributed by atoms with Gasteiger partial charge in [-0.1, -0.05) is 10.6 Å². The third-order valence-corrected chi connectivity index (χ3v) is 4.09. The molecule has 1 heterocycles. The molecule has 0 aliphatic carbocycles. The van der Waals surface area contributed by atoms with Crippen LogP contribution < -0.4 is 10.1 Å². The highest BCUT2D eigenvalue weighted by molar-refractivity contribution is 7.05. The standard InChI is InChI=1S/C14H17N3O3S/c1-8(15-7-13-9(2)16-17-21-13)10-4-5-12(20-3)11(6-10)14(18)19/h4-6,8,15H,7H2,1-3H3,(H,18,19)/t8-/m0/s1. The Labute approximate surface area is 126 Å². The minimum absolute atomic E-state index is 0.00973. The van der Waals surface area contributed by atoms with Gasteiger partial charge in [0.1, 0.15) is 11.3 Å². The van der Waals surface area contributed by atoms with E-state index in [2.05, 4.69) is 14.9 Å². The smallest absolute Gasteiger partial charge is 0.339 e. The quantitative estimate of drug-likeness (QED) is 0.852. The average molecular weight is 307 g/mol. The lowest BCUT2D eigenvalue weighted by Crippen LogP contribution is -2.18. The number of nitrogens with one attached hydrogen (secondary N) is 1. The average Bonchev–Trinajstić information content (AvgIpc) is 2.89. The number of hydrogen-bond donors (Lipinski definition) is 2. The number of nitrogens with zero attached hydrogens (tertiary/aromatic N) is 2. The van der Waals surface area contributed by atoms with Crippen molar-refractivity contribution in [1.82, 2.24) is 14.9 Å². The molecule has 112 valence electrons. The summed E-state index contributed by atoms with van der Waals surface area (Å²) in [7, 11) is 1.46. The van der Waals surface area contributed by atoms with E-state index < -0.39 is 5.97 Å². The van der Waals surface area contributed by atoms with E-state index in [1.165, 1.54) is 18.6 Å². The summed E-state index contributed by atoms with van der Waals surface area (Å²) in [5, 5.41) is 16.5. The Morgan fingerprint density at radius 3 is 2.86 bits per heavy atom. The van der Waals surface area contributed by atoms with Crippen LogP contribution in [-0.2, 0) is 6.54 Å². The molecule has 0 aliphatic rings. The molecule has 1 aromatic carbocycles. The van der Waals surface area contributed by atoms with Gasteiger partial charge in [-0.3, -0.25) is 0 Å². The largest absolute Gasteiger partial charge is 0.496 e. The van der Waals surface area contributed by atoms with E-state index in [0.29, 0.717) is 12.3 Å². The molecule has 2 aromatic rings. The van der Waals surface area contributed by atoms with Gasteiger partial charge in [-0.05, 0) is 43.1 Å². The number of carbonyl (C=O) groups is 1. The molecule has 0 aliphatic heterocycles. The zero-order valence-electron chi connectivity index (χ0n) is 12.1. The van der Waals surface area contributed by atoms with Gasteiger partial charge in [0.25, 0.3) is 0 Å². The van der Waals surface area contributed by atoms with Gasteiger partial charge in [-0.2, -0.15) is 0 Å². The van der Waals surface area contributed by atoms with E-state index in [9.17, 15) is 9.90 Å². The van der Waals surface area contributed by atoms with Gasteiger partial charge >= 0.3 is 5.97 Å². The second-order valence-corrected chi connectivity index (χ2v) is 5.49. The number of ether oxygens (including phenoxy) is 1. The van der Waals surface area contributed by atoms with Crippen molar-refractivity contribution in [3.63, 3.8) is 0 Å². The number of aryl methyl sites for hydroxylation is 1. The van der Waals surface area contributed by atoms with Crippen molar-refractivity contribution in [2.75, 3.05) is 7.11 Å². The Kier molecular flexibility index (Phi) is 4.87. The summed E-state index contributed by atoms with van der Waals surface area (Å²) >= 11 is 1.36. The minimum atomic E-state index is -0.997. The summed E-state index contributed by atoms with van der Waals surface area (Å²) in [5.74, 6) is -0.635. The fourth-order valence-electron chi connectivity index (χ4n) is 1.94. The lowest BCUT2D eigenvalue weighted by molar-refractivity contribution is 0.0693. The maximum absolute atomic E-state index is 11.2. The van der Waals surface area contributed by atoms with Crippen LogP contribution in [0.15, 0.2) is 18.2 Å². The van der Waals surface area contributed by atoms with Gasteiger partial charge in [0.15, 0.2) is 0 Å². The predicted molar refractivity (Wildman–Crippen MR) is 79.9 cm³/mol. The van der Waals surface area contributed by atoms with Gasteiger partial charge in [0.2, 0.25) is 0 Å². The van der Waals surface area contributed by atoms with Gasteiger partial charge in [0.05, 0.1) is 17.7 Å². The molecular weight excluding hydrogens is 290 g/mol. The highest BCUT2D eigenvalue weighted by Gasteiger charge is 2.15. The summed E-state index contributed by atoms with van der Waals surface area (Å²) in [4.78, 5) is 12.3. The molecule has 21 heavy (non-hydrogen) atoms. The number of carboxylic acids is 1. The molecule has 1 aromatic heterocycles. The molecule has 0 spiro atoms. The Morgan fingerprint density at radius 2 is 2.29 bits per heavy atom. The van der Waals surface area contributed by atoms with E-state index in [0.717, 1.165) is 16.1 Å². The third-order valence-electron chi connectivity index (χ3n) is 3.27. The van der Waals surface area contributed by atoms with E-state index in [1.54, 1.807) is 12.1 Å². The molecule has 2 N–H and O–H groups in total. The molecule has 0 unspecified atom stereocenters. The second-order valence-electron chi connectivity index (χ2n) is 4.65. The molecule has 0 fully saturated rings. The first kappa shape index (κ1) is 15.4. The van der Waals surface area contributed by atoms with Crippen LogP contribution in [0.1, 0.15) is 39.5 Å². The van der Waals surface area contributed by atoms with Crippen molar-refractivity contribution < 1.29 is 14.6 Å². The lowest BCUT2D eigenvalue weighted by atomic mass is 10.0. The first-order valence-electron chi connectivity index (χ1n) is 6.45. The van der Waals surface area contributed by atoms with Gasteiger partial charge < -0.3 is 15.2 Å². The molecule has 1 atom stereocenters. The van der Waals surface area contributed by atoms with Crippen molar-refractivity contribution in [2.45, 2.75) is 26.4 Å². The van der Waals surface area contributed by atoms with Crippen LogP contribution in [0, 0.1) is 6.92 Å². The number of benzene rings is 1. The van der Waals surface area contributed by atoms with E-state index in [-0.39, 0.29) is 11.6 Å². The monoisotopic (exact) mass is 307 g/mol. The maximum atomic E-state index is 11.2. The van der Waals surface area contributed by atoms with Gasteiger partial charge in [0, 0.05) is 12.6 Å². The zero-order valence-corrected chi connectivity index (χ0v) is 12.9. The number of aromatic nitrogens is 2. The highest BCUT2D eigenvalue weighted by atomic mass is 32.1. The Balaban J connectivity index is 2.12. The van der Waals surface area contributed by atoms with Crippen molar-refractivity contribution in [1.29, 1.82) is 0 Å². The molecule has 0 amide bonds. The molecule has 0 saturated carbocycles. The fraction of sp³-hybridized carbons (Fsp3) is 0.357. The zero-order chi connectivity index (χ0) is 15.4. The maximum Gasteiger partial charge on any atom is 0.339 e. The van der Waals surface area contributed by atoms with Gasteiger partial charge in [-0.15, -0.1) is 5.10 Å². The molecule has 6 nitrogen and oxygen atoms in total.